The van der Waals surface area contributed by atoms with Gasteiger partial charge in [0.05, 0.1) is 5.75 Å². The van der Waals surface area contributed by atoms with Crippen LogP contribution in [0.3, 0.4) is 0 Å². The summed E-state index contributed by atoms with van der Waals surface area (Å²) in [6.07, 6.45) is 0.987. The molecule has 0 saturated carbocycles. The lowest BCUT2D eigenvalue weighted by Crippen LogP contribution is -2.40. The molecule has 0 heterocycles. The van der Waals surface area contributed by atoms with E-state index in [-0.39, 0.29) is 11.7 Å². The van der Waals surface area contributed by atoms with Crippen molar-refractivity contribution in [3.8, 4) is 0 Å². The molecule has 1 N–H and O–H groups in total. The number of hydrogen-bond donors (Lipinski definition) is 1. The Morgan fingerprint density at radius 1 is 1.32 bits per heavy atom. The molecule has 106 valence electrons. The van der Waals surface area contributed by atoms with Crippen LogP contribution in [0.1, 0.15) is 17.5 Å². The lowest BCUT2D eigenvalue weighted by Gasteiger charge is -2.39. The SMILES string of the molecule is COC1(OC)CC(CS(=O)(=O)O)Cc2ccccc21. The second-order valence-corrected chi connectivity index (χ2v) is 6.34. The Morgan fingerprint density at radius 2 is 1.95 bits per heavy atom. The second kappa shape index (κ2) is 5.20. The average Bonchev–Trinajstić information content (AvgIpc) is 2.35. The molecule has 6 heteroatoms. The fraction of sp³-hybridized carbons (Fsp3) is 0.538. The van der Waals surface area contributed by atoms with Crippen LogP contribution in [0.5, 0.6) is 0 Å². The molecule has 0 spiro atoms. The van der Waals surface area contributed by atoms with Crippen molar-refractivity contribution in [2.45, 2.75) is 18.6 Å². The molecule has 1 aliphatic carbocycles. The van der Waals surface area contributed by atoms with Crippen molar-refractivity contribution in [1.82, 2.24) is 0 Å². The van der Waals surface area contributed by atoms with Gasteiger partial charge in [-0.3, -0.25) is 4.55 Å². The summed E-state index contributed by atoms with van der Waals surface area (Å²) in [6, 6.07) is 7.64. The maximum absolute atomic E-state index is 11.1. The van der Waals surface area contributed by atoms with Crippen LogP contribution >= 0.6 is 0 Å². The molecular formula is C13H18O5S. The van der Waals surface area contributed by atoms with E-state index in [0.717, 1.165) is 11.1 Å². The van der Waals surface area contributed by atoms with Gasteiger partial charge in [-0.2, -0.15) is 8.42 Å². The van der Waals surface area contributed by atoms with Gasteiger partial charge in [0.1, 0.15) is 0 Å². The van der Waals surface area contributed by atoms with E-state index in [2.05, 4.69) is 0 Å². The molecule has 0 fully saturated rings. The van der Waals surface area contributed by atoms with Gasteiger partial charge in [-0.05, 0) is 17.9 Å². The number of rotatable bonds is 4. The van der Waals surface area contributed by atoms with E-state index in [1.165, 1.54) is 14.2 Å². The predicted molar refractivity (Wildman–Crippen MR) is 70.4 cm³/mol. The Labute approximate surface area is 113 Å². The summed E-state index contributed by atoms with van der Waals surface area (Å²) in [5, 5.41) is 0. The number of hydrogen-bond acceptors (Lipinski definition) is 4. The van der Waals surface area contributed by atoms with Crippen molar-refractivity contribution in [2.24, 2.45) is 5.92 Å². The molecule has 1 atom stereocenters. The number of ether oxygens (including phenoxy) is 2. The second-order valence-electron chi connectivity index (χ2n) is 4.84. The molecule has 0 saturated heterocycles. The van der Waals surface area contributed by atoms with Crippen LogP contribution in [0.4, 0.5) is 0 Å². The van der Waals surface area contributed by atoms with Gasteiger partial charge in [0, 0.05) is 26.2 Å². The Bertz CT molecular complexity index is 548. The summed E-state index contributed by atoms with van der Waals surface area (Å²) >= 11 is 0. The standard InChI is InChI=1S/C13H18O5S/c1-17-13(18-2)8-10(9-19(14,15)16)7-11-5-3-4-6-12(11)13/h3-6,10H,7-9H2,1-2H3,(H,14,15,16). The van der Waals surface area contributed by atoms with Crippen molar-refractivity contribution in [3.05, 3.63) is 35.4 Å². The third-order valence-corrected chi connectivity index (χ3v) is 4.49. The summed E-state index contributed by atoms with van der Waals surface area (Å²) in [7, 11) is -0.928. The molecule has 0 radical (unpaired) electrons. The summed E-state index contributed by atoms with van der Waals surface area (Å²) in [5.74, 6) is -1.45. The van der Waals surface area contributed by atoms with Crippen molar-refractivity contribution in [2.75, 3.05) is 20.0 Å². The molecule has 0 aromatic heterocycles. The van der Waals surface area contributed by atoms with E-state index >= 15 is 0 Å². The van der Waals surface area contributed by atoms with E-state index in [1.54, 1.807) is 0 Å². The topological polar surface area (TPSA) is 72.8 Å². The van der Waals surface area contributed by atoms with E-state index in [0.29, 0.717) is 12.8 Å². The highest BCUT2D eigenvalue weighted by atomic mass is 32.2. The quantitative estimate of drug-likeness (QED) is 0.672. The van der Waals surface area contributed by atoms with E-state index in [4.69, 9.17) is 14.0 Å². The van der Waals surface area contributed by atoms with Gasteiger partial charge in [-0.25, -0.2) is 0 Å². The molecule has 2 rings (SSSR count). The molecule has 0 amide bonds. The first-order valence-corrected chi connectivity index (χ1v) is 7.65. The Morgan fingerprint density at radius 3 is 2.53 bits per heavy atom. The van der Waals surface area contributed by atoms with Crippen LogP contribution < -0.4 is 0 Å². The van der Waals surface area contributed by atoms with Crippen LogP contribution in [-0.4, -0.2) is 32.9 Å². The van der Waals surface area contributed by atoms with E-state index in [9.17, 15) is 8.42 Å². The minimum absolute atomic E-state index is 0.232. The zero-order chi connectivity index (χ0) is 14.1. The molecule has 1 unspecified atom stereocenters. The number of fused-ring (bicyclic) bond motifs is 1. The lowest BCUT2D eigenvalue weighted by molar-refractivity contribution is -0.230. The summed E-state index contributed by atoms with van der Waals surface area (Å²) in [6.45, 7) is 0. The molecule has 1 aromatic carbocycles. The first-order chi connectivity index (χ1) is 8.90. The van der Waals surface area contributed by atoms with Crippen LogP contribution in [0.25, 0.3) is 0 Å². The van der Waals surface area contributed by atoms with Gasteiger partial charge < -0.3 is 9.47 Å². The van der Waals surface area contributed by atoms with Crippen LogP contribution in [-0.2, 0) is 31.8 Å². The van der Waals surface area contributed by atoms with Crippen molar-refractivity contribution in [3.63, 3.8) is 0 Å². The zero-order valence-corrected chi connectivity index (χ0v) is 11.8. The largest absolute Gasteiger partial charge is 0.349 e. The van der Waals surface area contributed by atoms with E-state index < -0.39 is 15.9 Å². The third-order valence-electron chi connectivity index (χ3n) is 3.60. The lowest BCUT2D eigenvalue weighted by atomic mass is 9.80. The molecule has 0 bridgehead atoms. The van der Waals surface area contributed by atoms with Crippen molar-refractivity contribution >= 4 is 10.1 Å². The Kier molecular flexibility index (Phi) is 3.96. The monoisotopic (exact) mass is 286 g/mol. The maximum Gasteiger partial charge on any atom is 0.265 e. The zero-order valence-electron chi connectivity index (χ0n) is 11.0. The van der Waals surface area contributed by atoms with Gasteiger partial charge >= 0.3 is 0 Å². The molecular weight excluding hydrogens is 268 g/mol. The summed E-state index contributed by atoms with van der Waals surface area (Å²) < 4.78 is 42.2. The molecule has 5 nitrogen and oxygen atoms in total. The predicted octanol–water partition coefficient (Wildman–Crippen LogP) is 1.58. The van der Waals surface area contributed by atoms with Gasteiger partial charge in [-0.15, -0.1) is 0 Å². The fourth-order valence-electron chi connectivity index (χ4n) is 2.83. The number of benzene rings is 1. The van der Waals surface area contributed by atoms with Crippen molar-refractivity contribution in [1.29, 1.82) is 0 Å². The summed E-state index contributed by atoms with van der Waals surface area (Å²) in [4.78, 5) is 0. The average molecular weight is 286 g/mol. The highest BCUT2D eigenvalue weighted by Gasteiger charge is 2.41. The minimum atomic E-state index is -4.00. The third kappa shape index (κ3) is 2.97. The van der Waals surface area contributed by atoms with Crippen LogP contribution in [0, 0.1) is 5.92 Å². The van der Waals surface area contributed by atoms with Gasteiger partial charge in [0.25, 0.3) is 10.1 Å². The van der Waals surface area contributed by atoms with Gasteiger partial charge in [-0.1, -0.05) is 24.3 Å². The van der Waals surface area contributed by atoms with Gasteiger partial charge in [0.15, 0.2) is 5.79 Å². The Balaban J connectivity index is 2.40. The molecule has 1 aliphatic rings. The minimum Gasteiger partial charge on any atom is -0.349 e. The highest BCUT2D eigenvalue weighted by molar-refractivity contribution is 7.85. The van der Waals surface area contributed by atoms with Crippen molar-refractivity contribution < 1.29 is 22.4 Å². The smallest absolute Gasteiger partial charge is 0.265 e. The summed E-state index contributed by atoms with van der Waals surface area (Å²) in [5.41, 5.74) is 1.91. The van der Waals surface area contributed by atoms with Crippen LogP contribution in [0.15, 0.2) is 24.3 Å². The first kappa shape index (κ1) is 14.5. The normalized spacial score (nSPS) is 21.9. The van der Waals surface area contributed by atoms with E-state index in [1.807, 2.05) is 24.3 Å². The Hall–Kier alpha value is -0.950. The highest BCUT2D eigenvalue weighted by Crippen LogP contribution is 2.41. The maximum atomic E-state index is 11.1. The first-order valence-electron chi connectivity index (χ1n) is 6.04. The molecule has 0 aliphatic heterocycles. The van der Waals surface area contributed by atoms with Crippen LogP contribution in [0.2, 0.25) is 0 Å². The molecule has 1 aromatic rings. The number of methoxy groups -OCH3 is 2. The molecule has 19 heavy (non-hydrogen) atoms. The van der Waals surface area contributed by atoms with Gasteiger partial charge in [0.2, 0.25) is 0 Å². The fourth-order valence-corrected chi connectivity index (χ4v) is 3.66.